The minimum Gasteiger partial charge on any atom is -0.316 e. The molecule has 1 spiro atoms. The van der Waals surface area contributed by atoms with Crippen LogP contribution in [0.1, 0.15) is 18.9 Å². The molecule has 0 radical (unpaired) electrons. The molecule has 0 bridgehead atoms. The Kier molecular flexibility index (Phi) is 3.36. The highest BCUT2D eigenvalue weighted by Gasteiger charge is 2.49. The number of fused-ring (bicyclic) bond motifs is 2. The Morgan fingerprint density at radius 1 is 0.968 bits per heavy atom. The predicted molar refractivity (Wildman–Crippen MR) is 121 cm³/mol. The first kappa shape index (κ1) is 17.3. The lowest BCUT2D eigenvalue weighted by molar-refractivity contribution is 0.00438. The van der Waals surface area contributed by atoms with Crippen LogP contribution in [0.4, 0.5) is 0 Å². The molecule has 1 aliphatic heterocycles. The topological polar surface area (TPSA) is 76.3 Å². The molecule has 7 rings (SSSR count). The number of aryl methyl sites for hydroxylation is 1. The first-order valence-corrected chi connectivity index (χ1v) is 10.8. The van der Waals surface area contributed by atoms with Gasteiger partial charge in [-0.1, -0.05) is 12.1 Å². The van der Waals surface area contributed by atoms with Gasteiger partial charge in [0.15, 0.2) is 0 Å². The van der Waals surface area contributed by atoms with E-state index in [0.717, 1.165) is 46.4 Å². The van der Waals surface area contributed by atoms with E-state index in [4.69, 9.17) is 5.10 Å². The molecule has 1 saturated heterocycles. The van der Waals surface area contributed by atoms with Crippen molar-refractivity contribution < 1.29 is 0 Å². The van der Waals surface area contributed by atoms with E-state index in [2.05, 4.69) is 61.7 Å². The van der Waals surface area contributed by atoms with Gasteiger partial charge in [-0.3, -0.25) is 14.5 Å². The summed E-state index contributed by atoms with van der Waals surface area (Å²) >= 11 is 0. The van der Waals surface area contributed by atoms with Crippen molar-refractivity contribution in [2.24, 2.45) is 12.5 Å². The van der Waals surface area contributed by atoms with Crippen LogP contribution in [0.2, 0.25) is 0 Å². The van der Waals surface area contributed by atoms with Crippen molar-refractivity contribution in [1.29, 1.82) is 0 Å². The van der Waals surface area contributed by atoms with Crippen molar-refractivity contribution in [3.63, 3.8) is 0 Å². The molecular formula is C24H23N7. The molecule has 1 saturated carbocycles. The summed E-state index contributed by atoms with van der Waals surface area (Å²) in [6, 6.07) is 13.6. The van der Waals surface area contributed by atoms with Gasteiger partial charge in [0.25, 0.3) is 0 Å². The van der Waals surface area contributed by atoms with Crippen molar-refractivity contribution in [2.75, 3.05) is 13.1 Å². The van der Waals surface area contributed by atoms with Crippen LogP contribution in [-0.4, -0.2) is 42.8 Å². The smallest absolute Gasteiger partial charge is 0.100 e. The van der Waals surface area contributed by atoms with Crippen LogP contribution in [0.25, 0.3) is 44.2 Å². The Balaban J connectivity index is 1.40. The zero-order chi connectivity index (χ0) is 20.6. The van der Waals surface area contributed by atoms with E-state index in [1.807, 2.05) is 30.3 Å². The van der Waals surface area contributed by atoms with Crippen molar-refractivity contribution >= 4 is 21.8 Å². The fourth-order valence-electron chi connectivity index (χ4n) is 5.41. The first-order valence-electron chi connectivity index (χ1n) is 10.8. The van der Waals surface area contributed by atoms with Gasteiger partial charge in [0.05, 0.1) is 29.5 Å². The number of nitrogens with one attached hydrogen (secondary N) is 2. The molecule has 2 N–H and O–H groups in total. The Morgan fingerprint density at radius 2 is 1.81 bits per heavy atom. The molecular weight excluding hydrogens is 386 g/mol. The Labute approximate surface area is 179 Å². The van der Waals surface area contributed by atoms with Crippen molar-refractivity contribution in [3.8, 4) is 22.4 Å². The Hall–Kier alpha value is -3.45. The molecule has 7 heteroatoms. The summed E-state index contributed by atoms with van der Waals surface area (Å²) in [7, 11) is 1.98. The van der Waals surface area contributed by atoms with E-state index in [1.54, 1.807) is 0 Å². The minimum atomic E-state index is 0.472. The highest BCUT2D eigenvalue weighted by atomic mass is 15.3. The first-order chi connectivity index (χ1) is 15.2. The number of hydrogen-bond acceptors (Lipinski definition) is 4. The van der Waals surface area contributed by atoms with Crippen LogP contribution in [0.5, 0.6) is 0 Å². The summed E-state index contributed by atoms with van der Waals surface area (Å²) in [6.45, 7) is 2.30. The van der Waals surface area contributed by atoms with E-state index < -0.39 is 0 Å². The predicted octanol–water partition coefficient (Wildman–Crippen LogP) is 3.90. The molecule has 0 amide bonds. The van der Waals surface area contributed by atoms with Crippen LogP contribution >= 0.6 is 0 Å². The second kappa shape index (κ2) is 6.04. The van der Waals surface area contributed by atoms with Gasteiger partial charge in [0.1, 0.15) is 5.69 Å². The summed E-state index contributed by atoms with van der Waals surface area (Å²) in [6.07, 6.45) is 8.15. The maximum atomic E-state index is 5.19. The third-order valence-corrected chi connectivity index (χ3v) is 7.24. The molecule has 2 aliphatic rings. The number of aromatic nitrogens is 6. The normalized spacial score (nSPS) is 18.0. The Bertz CT molecular complexity index is 1430. The monoisotopic (exact) mass is 409 g/mol. The molecule has 1 aliphatic carbocycles. The van der Waals surface area contributed by atoms with Crippen LogP contribution in [0.15, 0.2) is 55.0 Å². The fourth-order valence-corrected chi connectivity index (χ4v) is 5.41. The largest absolute Gasteiger partial charge is 0.316 e. The van der Waals surface area contributed by atoms with E-state index >= 15 is 0 Å². The SMILES string of the molecule is Cn1ncc2cc(-c3nn(C4CC5(CNC5)C4)c4ccc(-c5cn[nH]c5)cc34)ccc21. The van der Waals surface area contributed by atoms with Gasteiger partial charge in [-0.2, -0.15) is 15.3 Å². The summed E-state index contributed by atoms with van der Waals surface area (Å²) in [5, 5.41) is 22.4. The average Bonchev–Trinajstić information content (AvgIpc) is 3.45. The highest BCUT2D eigenvalue weighted by Crippen LogP contribution is 2.52. The van der Waals surface area contributed by atoms with Crippen LogP contribution in [0, 0.1) is 5.41 Å². The van der Waals surface area contributed by atoms with Crippen LogP contribution in [-0.2, 0) is 7.05 Å². The molecule has 0 unspecified atom stereocenters. The third kappa shape index (κ3) is 2.47. The molecule has 0 atom stereocenters. The highest BCUT2D eigenvalue weighted by molar-refractivity contribution is 5.98. The lowest BCUT2D eigenvalue weighted by atomic mass is 9.62. The second-order valence-corrected chi connectivity index (χ2v) is 9.22. The number of rotatable bonds is 3. The lowest BCUT2D eigenvalue weighted by Gasteiger charge is -2.54. The van der Waals surface area contributed by atoms with Crippen LogP contribution in [0.3, 0.4) is 0 Å². The minimum absolute atomic E-state index is 0.472. The molecule has 2 fully saturated rings. The zero-order valence-electron chi connectivity index (χ0n) is 17.3. The van der Waals surface area contributed by atoms with Gasteiger partial charge in [-0.25, -0.2) is 0 Å². The maximum absolute atomic E-state index is 5.19. The van der Waals surface area contributed by atoms with Gasteiger partial charge in [0, 0.05) is 48.2 Å². The van der Waals surface area contributed by atoms with Gasteiger partial charge in [-0.15, -0.1) is 0 Å². The quantitative estimate of drug-likeness (QED) is 0.474. The van der Waals surface area contributed by atoms with Crippen LogP contribution < -0.4 is 5.32 Å². The van der Waals surface area contributed by atoms with E-state index in [1.165, 1.54) is 23.7 Å². The summed E-state index contributed by atoms with van der Waals surface area (Å²) in [5.41, 5.74) is 7.26. The maximum Gasteiger partial charge on any atom is 0.100 e. The molecule has 7 nitrogen and oxygen atoms in total. The number of nitrogens with zero attached hydrogens (tertiary/aromatic N) is 5. The van der Waals surface area contributed by atoms with E-state index in [0.29, 0.717) is 11.5 Å². The molecule has 154 valence electrons. The second-order valence-electron chi connectivity index (χ2n) is 9.22. The van der Waals surface area contributed by atoms with Gasteiger partial charge in [-0.05, 0) is 48.1 Å². The zero-order valence-corrected chi connectivity index (χ0v) is 17.3. The van der Waals surface area contributed by atoms with Gasteiger partial charge in [0.2, 0.25) is 0 Å². The summed E-state index contributed by atoms with van der Waals surface area (Å²) < 4.78 is 4.19. The molecule has 5 aromatic rings. The number of H-pyrrole nitrogens is 1. The van der Waals surface area contributed by atoms with E-state index in [9.17, 15) is 0 Å². The van der Waals surface area contributed by atoms with Crippen molar-refractivity contribution in [1.82, 2.24) is 35.1 Å². The lowest BCUT2D eigenvalue weighted by Crippen LogP contribution is -2.60. The summed E-state index contributed by atoms with van der Waals surface area (Å²) in [5.74, 6) is 0. The standard InChI is InChI=1S/C24H23N7/c1-30-21-4-3-16(6-17(21)12-28-30)23-20-7-15(18-10-26-27-11-18)2-5-22(20)31(29-23)19-8-24(9-19)13-25-14-24/h2-7,10-12,19,25H,8-9,13-14H2,1H3,(H,26,27). The third-order valence-electron chi connectivity index (χ3n) is 7.24. The number of hydrogen-bond donors (Lipinski definition) is 2. The molecule has 31 heavy (non-hydrogen) atoms. The van der Waals surface area contributed by atoms with E-state index in [-0.39, 0.29) is 0 Å². The number of aromatic amines is 1. The Morgan fingerprint density at radius 3 is 2.58 bits per heavy atom. The molecule has 3 aromatic heterocycles. The average molecular weight is 409 g/mol. The fraction of sp³-hybridized carbons (Fsp3) is 0.292. The van der Waals surface area contributed by atoms with Gasteiger partial charge >= 0.3 is 0 Å². The van der Waals surface area contributed by atoms with Crippen molar-refractivity contribution in [3.05, 3.63) is 55.0 Å². The summed E-state index contributed by atoms with van der Waals surface area (Å²) in [4.78, 5) is 0. The molecule has 2 aromatic carbocycles. The molecule has 4 heterocycles. The number of benzene rings is 2. The van der Waals surface area contributed by atoms with Crippen molar-refractivity contribution in [2.45, 2.75) is 18.9 Å². The van der Waals surface area contributed by atoms with Gasteiger partial charge < -0.3 is 5.32 Å².